The van der Waals surface area contributed by atoms with Gasteiger partial charge >= 0.3 is 0 Å². The molecule has 0 bridgehead atoms. The summed E-state index contributed by atoms with van der Waals surface area (Å²) in [5.74, 6) is 0.188. The molecule has 7 heteroatoms. The lowest BCUT2D eigenvalue weighted by Crippen LogP contribution is -2.16. The third kappa shape index (κ3) is 5.27. The molecule has 3 rings (SSSR count). The van der Waals surface area contributed by atoms with Crippen LogP contribution in [0.15, 0.2) is 60.7 Å². The molecule has 140 valence electrons. The normalized spacial score (nSPS) is 11.3. The number of nitrogens with zero attached hydrogens (tertiary/aromatic N) is 2. The summed E-state index contributed by atoms with van der Waals surface area (Å²) in [6.07, 6.45) is 1.17. The van der Waals surface area contributed by atoms with Crippen molar-refractivity contribution in [3.8, 4) is 0 Å². The van der Waals surface area contributed by atoms with Gasteiger partial charge in [0.25, 0.3) is 5.91 Å². The quantitative estimate of drug-likeness (QED) is 0.709. The number of benzene rings is 2. The van der Waals surface area contributed by atoms with Crippen LogP contribution in [0.1, 0.15) is 27.2 Å². The predicted octanol–water partition coefficient (Wildman–Crippen LogP) is 3.04. The monoisotopic (exact) mass is 383 g/mol. The SMILES string of the molecule is Cc1cc(NC(=O)c2cccc(CS(C)(=O)=O)c2)n(Cc2ccccc2)n1. The largest absolute Gasteiger partial charge is 0.307 e. The van der Waals surface area contributed by atoms with Gasteiger partial charge in [-0.25, -0.2) is 13.1 Å². The number of hydrogen-bond donors (Lipinski definition) is 1. The summed E-state index contributed by atoms with van der Waals surface area (Å²) < 4.78 is 24.7. The maximum absolute atomic E-state index is 12.6. The fourth-order valence-corrected chi connectivity index (χ4v) is 3.60. The first-order chi connectivity index (χ1) is 12.8. The average Bonchev–Trinajstić information content (AvgIpc) is 2.93. The lowest BCUT2D eigenvalue weighted by molar-refractivity contribution is 0.102. The Labute approximate surface area is 158 Å². The first-order valence-electron chi connectivity index (χ1n) is 8.46. The second-order valence-corrected chi connectivity index (χ2v) is 8.68. The summed E-state index contributed by atoms with van der Waals surface area (Å²) in [7, 11) is -3.16. The molecule has 1 amide bonds. The van der Waals surface area contributed by atoms with E-state index < -0.39 is 9.84 Å². The molecule has 0 aliphatic carbocycles. The van der Waals surface area contributed by atoms with Gasteiger partial charge in [0.15, 0.2) is 9.84 Å². The van der Waals surface area contributed by atoms with Crippen LogP contribution < -0.4 is 5.32 Å². The van der Waals surface area contributed by atoms with Crippen LogP contribution in [0, 0.1) is 6.92 Å². The van der Waals surface area contributed by atoms with Gasteiger partial charge in [0.05, 0.1) is 18.0 Å². The van der Waals surface area contributed by atoms with E-state index in [9.17, 15) is 13.2 Å². The first-order valence-corrected chi connectivity index (χ1v) is 10.5. The van der Waals surface area contributed by atoms with Crippen molar-refractivity contribution in [2.45, 2.75) is 19.2 Å². The molecule has 3 aromatic rings. The Morgan fingerprint density at radius 3 is 2.44 bits per heavy atom. The molecule has 27 heavy (non-hydrogen) atoms. The number of sulfone groups is 1. The van der Waals surface area contributed by atoms with Gasteiger partial charge in [-0.2, -0.15) is 5.10 Å². The molecule has 2 aromatic carbocycles. The maximum atomic E-state index is 12.6. The molecule has 0 saturated carbocycles. The van der Waals surface area contributed by atoms with Crippen LogP contribution in [0.25, 0.3) is 0 Å². The molecule has 6 nitrogen and oxygen atoms in total. The Bertz CT molecular complexity index is 1060. The Morgan fingerprint density at radius 2 is 1.74 bits per heavy atom. The molecule has 0 unspecified atom stereocenters. The summed E-state index contributed by atoms with van der Waals surface area (Å²) in [6.45, 7) is 2.41. The third-order valence-corrected chi connectivity index (χ3v) is 4.79. The Hall–Kier alpha value is -2.93. The van der Waals surface area contributed by atoms with Gasteiger partial charge in [0, 0.05) is 17.9 Å². The molecular formula is C20H21N3O3S. The van der Waals surface area contributed by atoms with Crippen LogP contribution in [-0.2, 0) is 22.1 Å². The minimum atomic E-state index is -3.16. The van der Waals surface area contributed by atoms with E-state index in [0.29, 0.717) is 23.5 Å². The van der Waals surface area contributed by atoms with Crippen LogP contribution in [0.4, 0.5) is 5.82 Å². The fourth-order valence-electron chi connectivity index (χ4n) is 2.82. The maximum Gasteiger partial charge on any atom is 0.256 e. The minimum absolute atomic E-state index is 0.0980. The van der Waals surface area contributed by atoms with Crippen molar-refractivity contribution in [2.75, 3.05) is 11.6 Å². The number of hydrogen-bond acceptors (Lipinski definition) is 4. The van der Waals surface area contributed by atoms with Crippen molar-refractivity contribution < 1.29 is 13.2 Å². The van der Waals surface area contributed by atoms with Crippen LogP contribution >= 0.6 is 0 Å². The number of carbonyl (C=O) groups excluding carboxylic acids is 1. The van der Waals surface area contributed by atoms with Crippen molar-refractivity contribution in [1.29, 1.82) is 0 Å². The Kier molecular flexibility index (Phi) is 5.41. The first kappa shape index (κ1) is 18.8. The highest BCUT2D eigenvalue weighted by molar-refractivity contribution is 7.89. The minimum Gasteiger partial charge on any atom is -0.307 e. The predicted molar refractivity (Wildman–Crippen MR) is 105 cm³/mol. The van der Waals surface area contributed by atoms with Crippen LogP contribution in [-0.4, -0.2) is 30.4 Å². The number of anilines is 1. The third-order valence-electron chi connectivity index (χ3n) is 3.94. The van der Waals surface area contributed by atoms with E-state index in [1.54, 1.807) is 35.0 Å². The van der Waals surface area contributed by atoms with E-state index in [4.69, 9.17) is 0 Å². The number of aryl methyl sites for hydroxylation is 1. The average molecular weight is 383 g/mol. The van der Waals surface area contributed by atoms with Crippen LogP contribution in [0.3, 0.4) is 0 Å². The molecule has 0 aliphatic heterocycles. The lowest BCUT2D eigenvalue weighted by Gasteiger charge is -2.10. The van der Waals surface area contributed by atoms with Gasteiger partial charge in [0.2, 0.25) is 0 Å². The summed E-state index contributed by atoms with van der Waals surface area (Å²) >= 11 is 0. The molecule has 1 N–H and O–H groups in total. The molecule has 0 spiro atoms. The van der Waals surface area contributed by atoms with Gasteiger partial charge in [-0.3, -0.25) is 4.79 Å². The Morgan fingerprint density at radius 1 is 1.04 bits per heavy atom. The molecule has 1 heterocycles. The summed E-state index contributed by atoms with van der Waals surface area (Å²) in [5, 5.41) is 7.31. The van der Waals surface area contributed by atoms with Crippen molar-refractivity contribution >= 4 is 21.6 Å². The zero-order chi connectivity index (χ0) is 19.4. The molecule has 0 aliphatic rings. The topological polar surface area (TPSA) is 81.1 Å². The molecule has 1 aromatic heterocycles. The fraction of sp³-hybridized carbons (Fsp3) is 0.200. The van der Waals surface area contributed by atoms with Gasteiger partial charge in [-0.1, -0.05) is 42.5 Å². The smallest absolute Gasteiger partial charge is 0.256 e. The van der Waals surface area contributed by atoms with E-state index in [0.717, 1.165) is 11.3 Å². The highest BCUT2D eigenvalue weighted by Gasteiger charge is 2.13. The van der Waals surface area contributed by atoms with Crippen LogP contribution in [0.5, 0.6) is 0 Å². The second-order valence-electron chi connectivity index (χ2n) is 6.54. The van der Waals surface area contributed by atoms with Crippen molar-refractivity contribution in [3.05, 3.63) is 83.0 Å². The summed E-state index contributed by atoms with van der Waals surface area (Å²) in [5.41, 5.74) is 2.86. The van der Waals surface area contributed by atoms with Crippen LogP contribution in [0.2, 0.25) is 0 Å². The number of rotatable bonds is 6. The van der Waals surface area contributed by atoms with Gasteiger partial charge in [-0.15, -0.1) is 0 Å². The van der Waals surface area contributed by atoms with Gasteiger partial charge < -0.3 is 5.32 Å². The second kappa shape index (κ2) is 7.75. The zero-order valence-electron chi connectivity index (χ0n) is 15.2. The van der Waals surface area contributed by atoms with E-state index in [-0.39, 0.29) is 11.7 Å². The van der Waals surface area contributed by atoms with E-state index in [2.05, 4.69) is 10.4 Å². The molecular weight excluding hydrogens is 362 g/mol. The summed E-state index contributed by atoms with van der Waals surface area (Å²) in [4.78, 5) is 12.6. The van der Waals surface area contributed by atoms with E-state index in [1.165, 1.54) is 6.26 Å². The zero-order valence-corrected chi connectivity index (χ0v) is 16.0. The molecule has 0 radical (unpaired) electrons. The van der Waals surface area contributed by atoms with E-state index >= 15 is 0 Å². The Balaban J connectivity index is 1.79. The molecule has 0 fully saturated rings. The van der Waals surface area contributed by atoms with Gasteiger partial charge in [0.1, 0.15) is 5.82 Å². The highest BCUT2D eigenvalue weighted by Crippen LogP contribution is 2.16. The van der Waals surface area contributed by atoms with Crippen molar-refractivity contribution in [1.82, 2.24) is 9.78 Å². The van der Waals surface area contributed by atoms with Crippen molar-refractivity contribution in [2.24, 2.45) is 0 Å². The standard InChI is InChI=1S/C20H21N3O3S/c1-15-11-19(23(22-15)13-16-7-4-3-5-8-16)21-20(24)18-10-6-9-17(12-18)14-27(2,25)26/h3-12H,13-14H2,1-2H3,(H,21,24). The van der Waals surface area contributed by atoms with E-state index in [1.807, 2.05) is 37.3 Å². The number of amides is 1. The highest BCUT2D eigenvalue weighted by atomic mass is 32.2. The number of carbonyl (C=O) groups is 1. The van der Waals surface area contributed by atoms with Gasteiger partial charge in [-0.05, 0) is 30.2 Å². The number of nitrogens with one attached hydrogen (secondary N) is 1. The summed E-state index contributed by atoms with van der Waals surface area (Å²) in [6, 6.07) is 18.3. The lowest BCUT2D eigenvalue weighted by atomic mass is 10.1. The molecule has 0 saturated heterocycles. The number of aromatic nitrogens is 2. The molecule has 0 atom stereocenters. The van der Waals surface area contributed by atoms with Crippen molar-refractivity contribution in [3.63, 3.8) is 0 Å².